The molecule has 0 radical (unpaired) electrons. The molecule has 126 valence electrons. The second kappa shape index (κ2) is 7.64. The molecule has 2 atom stereocenters. The van der Waals surface area contributed by atoms with Gasteiger partial charge >= 0.3 is 6.03 Å². The highest BCUT2D eigenvalue weighted by Crippen LogP contribution is 2.28. The van der Waals surface area contributed by atoms with Crippen molar-refractivity contribution >= 4 is 23.3 Å². The van der Waals surface area contributed by atoms with Crippen molar-refractivity contribution in [3.8, 4) is 0 Å². The van der Waals surface area contributed by atoms with Gasteiger partial charge in [-0.3, -0.25) is 0 Å². The highest BCUT2D eigenvalue weighted by molar-refractivity contribution is 6.32. The molecule has 3 rings (SSSR count). The summed E-state index contributed by atoms with van der Waals surface area (Å²) in [6.45, 7) is 0.676. The predicted molar refractivity (Wildman–Crippen MR) is 94.0 cm³/mol. The number of carbonyl (C=O) groups excluding carboxylic acids is 1. The van der Waals surface area contributed by atoms with Gasteiger partial charge in [-0.1, -0.05) is 41.9 Å². The van der Waals surface area contributed by atoms with E-state index < -0.39 is 6.10 Å². The third-order valence-electron chi connectivity index (χ3n) is 4.32. The van der Waals surface area contributed by atoms with Crippen LogP contribution >= 0.6 is 11.6 Å². The first-order chi connectivity index (χ1) is 11.6. The number of rotatable bonds is 4. The number of aliphatic hydroxyl groups excluding tert-OH is 1. The Morgan fingerprint density at radius 2 is 2.12 bits per heavy atom. The first-order valence-corrected chi connectivity index (χ1v) is 8.44. The zero-order chi connectivity index (χ0) is 16.9. The van der Waals surface area contributed by atoms with Crippen LogP contribution in [0.4, 0.5) is 10.5 Å². The largest absolute Gasteiger partial charge is 0.388 e. The van der Waals surface area contributed by atoms with Crippen LogP contribution < -0.4 is 5.32 Å². The zero-order valence-corrected chi connectivity index (χ0v) is 14.0. The highest BCUT2D eigenvalue weighted by atomic mass is 35.5. The van der Waals surface area contributed by atoms with Crippen LogP contribution in [-0.2, 0) is 0 Å². The van der Waals surface area contributed by atoms with Gasteiger partial charge in [0.1, 0.15) is 0 Å². The van der Waals surface area contributed by atoms with Gasteiger partial charge in [0, 0.05) is 18.8 Å². The summed E-state index contributed by atoms with van der Waals surface area (Å²) in [6.07, 6.45) is 3.34. The van der Waals surface area contributed by atoms with Crippen LogP contribution in [0, 0.1) is 0 Å². The number of anilines is 1. The van der Waals surface area contributed by atoms with E-state index in [1.165, 1.54) is 0 Å². The Balaban J connectivity index is 1.65. The third kappa shape index (κ3) is 3.86. The van der Waals surface area contributed by atoms with E-state index in [2.05, 4.69) is 10.3 Å². The number of nitrogens with one attached hydrogen (secondary N) is 1. The summed E-state index contributed by atoms with van der Waals surface area (Å²) in [5, 5.41) is 13.5. The molecule has 2 heterocycles. The Morgan fingerprint density at radius 3 is 2.88 bits per heavy atom. The number of pyridine rings is 1. The molecule has 0 saturated carbocycles. The average Bonchev–Trinajstić information content (AvgIpc) is 3.06. The topological polar surface area (TPSA) is 65.5 Å². The summed E-state index contributed by atoms with van der Waals surface area (Å²) < 4.78 is 0. The summed E-state index contributed by atoms with van der Waals surface area (Å²) in [4.78, 5) is 18.3. The molecule has 1 aromatic heterocycles. The average molecular weight is 346 g/mol. The SMILES string of the molecule is O=C(Nc1cccnc1Cl)N1CCCC1CC(O)c1ccccc1. The molecule has 1 aromatic carbocycles. The molecule has 24 heavy (non-hydrogen) atoms. The summed E-state index contributed by atoms with van der Waals surface area (Å²) in [5.74, 6) is 0. The van der Waals surface area contributed by atoms with Gasteiger partial charge in [0.15, 0.2) is 5.15 Å². The standard InChI is InChI=1S/C18H20ClN3O2/c19-17-15(9-4-10-20-17)21-18(24)22-11-5-8-14(22)12-16(23)13-6-2-1-3-7-13/h1-4,6-7,9-10,14,16,23H,5,8,11-12H2,(H,21,24). The van der Waals surface area contributed by atoms with Crippen molar-refractivity contribution in [1.82, 2.24) is 9.88 Å². The smallest absolute Gasteiger partial charge is 0.322 e. The van der Waals surface area contributed by atoms with Gasteiger partial charge in [-0.15, -0.1) is 0 Å². The minimum Gasteiger partial charge on any atom is -0.388 e. The van der Waals surface area contributed by atoms with Crippen LogP contribution in [0.2, 0.25) is 5.15 Å². The molecule has 2 amide bonds. The maximum absolute atomic E-state index is 12.5. The van der Waals surface area contributed by atoms with Crippen LogP contribution in [0.25, 0.3) is 0 Å². The summed E-state index contributed by atoms with van der Waals surface area (Å²) in [5.41, 5.74) is 1.37. The number of hydrogen-bond donors (Lipinski definition) is 2. The van der Waals surface area contributed by atoms with Crippen LogP contribution in [0.15, 0.2) is 48.7 Å². The van der Waals surface area contributed by atoms with Crippen molar-refractivity contribution in [3.05, 3.63) is 59.4 Å². The Hall–Kier alpha value is -2.11. The molecule has 1 saturated heterocycles. The van der Waals surface area contributed by atoms with Gasteiger partial charge in [-0.05, 0) is 37.0 Å². The first kappa shape index (κ1) is 16.7. The number of likely N-dealkylation sites (tertiary alicyclic amines) is 1. The molecule has 2 unspecified atom stereocenters. The van der Waals surface area contributed by atoms with E-state index in [4.69, 9.17) is 11.6 Å². The predicted octanol–water partition coefficient (Wildman–Crippen LogP) is 3.86. The monoisotopic (exact) mass is 345 g/mol. The van der Waals surface area contributed by atoms with Crippen molar-refractivity contribution in [1.29, 1.82) is 0 Å². The molecule has 2 N–H and O–H groups in total. The van der Waals surface area contributed by atoms with Crippen LogP contribution in [0.5, 0.6) is 0 Å². The van der Waals surface area contributed by atoms with Gasteiger partial charge in [-0.25, -0.2) is 9.78 Å². The molecule has 0 spiro atoms. The van der Waals surface area contributed by atoms with Crippen LogP contribution in [0.3, 0.4) is 0 Å². The molecule has 1 fully saturated rings. The summed E-state index contributed by atoms with van der Waals surface area (Å²) >= 11 is 5.99. The Kier molecular flexibility index (Phi) is 5.33. The lowest BCUT2D eigenvalue weighted by atomic mass is 10.0. The molecule has 1 aliphatic heterocycles. The van der Waals surface area contributed by atoms with E-state index >= 15 is 0 Å². The second-order valence-electron chi connectivity index (χ2n) is 5.92. The zero-order valence-electron chi connectivity index (χ0n) is 13.2. The minimum atomic E-state index is -0.577. The fraction of sp³-hybridized carbons (Fsp3) is 0.333. The molecular weight excluding hydrogens is 326 g/mol. The lowest BCUT2D eigenvalue weighted by Gasteiger charge is -2.27. The second-order valence-corrected chi connectivity index (χ2v) is 6.28. The van der Waals surface area contributed by atoms with Crippen molar-refractivity contribution in [2.45, 2.75) is 31.4 Å². The van der Waals surface area contributed by atoms with Gasteiger partial charge < -0.3 is 15.3 Å². The lowest BCUT2D eigenvalue weighted by Crippen LogP contribution is -2.39. The first-order valence-electron chi connectivity index (χ1n) is 8.06. The van der Waals surface area contributed by atoms with Gasteiger partial charge in [0.25, 0.3) is 0 Å². The number of benzene rings is 1. The van der Waals surface area contributed by atoms with E-state index in [1.807, 2.05) is 30.3 Å². The number of nitrogens with zero attached hydrogens (tertiary/aromatic N) is 2. The van der Waals surface area contributed by atoms with E-state index in [1.54, 1.807) is 23.2 Å². The van der Waals surface area contributed by atoms with E-state index in [9.17, 15) is 9.90 Å². The van der Waals surface area contributed by atoms with Crippen molar-refractivity contribution in [2.75, 3.05) is 11.9 Å². The number of aliphatic hydroxyl groups is 1. The minimum absolute atomic E-state index is 0.00986. The van der Waals surface area contributed by atoms with Gasteiger partial charge in [0.05, 0.1) is 11.8 Å². The van der Waals surface area contributed by atoms with Crippen molar-refractivity contribution in [2.24, 2.45) is 0 Å². The number of aromatic nitrogens is 1. The van der Waals surface area contributed by atoms with Crippen LogP contribution in [-0.4, -0.2) is 33.6 Å². The number of amides is 2. The van der Waals surface area contributed by atoms with Gasteiger partial charge in [0.2, 0.25) is 0 Å². The molecule has 0 bridgehead atoms. The Labute approximate surface area is 146 Å². The van der Waals surface area contributed by atoms with Crippen molar-refractivity contribution < 1.29 is 9.90 Å². The number of carbonyl (C=O) groups is 1. The molecule has 2 aromatic rings. The third-order valence-corrected chi connectivity index (χ3v) is 4.62. The fourth-order valence-corrected chi connectivity index (χ4v) is 3.25. The lowest BCUT2D eigenvalue weighted by molar-refractivity contribution is 0.130. The normalized spacial score (nSPS) is 18.4. The van der Waals surface area contributed by atoms with E-state index in [-0.39, 0.29) is 17.2 Å². The van der Waals surface area contributed by atoms with Crippen LogP contribution in [0.1, 0.15) is 30.9 Å². The maximum Gasteiger partial charge on any atom is 0.322 e. The quantitative estimate of drug-likeness (QED) is 0.827. The summed E-state index contributed by atoms with van der Waals surface area (Å²) in [7, 11) is 0. The molecule has 1 aliphatic rings. The molecular formula is C18H20ClN3O2. The molecule has 0 aliphatic carbocycles. The Morgan fingerprint density at radius 1 is 1.33 bits per heavy atom. The van der Waals surface area contributed by atoms with E-state index in [0.717, 1.165) is 18.4 Å². The number of hydrogen-bond acceptors (Lipinski definition) is 3. The number of urea groups is 1. The number of halogens is 1. The fourth-order valence-electron chi connectivity index (χ4n) is 3.08. The van der Waals surface area contributed by atoms with Gasteiger partial charge in [-0.2, -0.15) is 0 Å². The van der Waals surface area contributed by atoms with Crippen molar-refractivity contribution in [3.63, 3.8) is 0 Å². The highest BCUT2D eigenvalue weighted by Gasteiger charge is 2.31. The Bertz CT molecular complexity index is 696. The molecule has 5 nitrogen and oxygen atoms in total. The summed E-state index contributed by atoms with van der Waals surface area (Å²) in [6, 6.07) is 12.8. The molecule has 6 heteroatoms. The maximum atomic E-state index is 12.5. The van der Waals surface area contributed by atoms with E-state index in [0.29, 0.717) is 18.7 Å².